The number of benzene rings is 2. The van der Waals surface area contributed by atoms with Crippen LogP contribution in [0.3, 0.4) is 0 Å². The van der Waals surface area contributed by atoms with Crippen LogP contribution in [0.2, 0.25) is 0 Å². The third-order valence-corrected chi connectivity index (χ3v) is 3.98. The monoisotopic (exact) mass is 338 g/mol. The van der Waals surface area contributed by atoms with Gasteiger partial charge >= 0.3 is 5.97 Å². The van der Waals surface area contributed by atoms with Crippen LogP contribution >= 0.6 is 0 Å². The van der Waals surface area contributed by atoms with Crippen molar-refractivity contribution in [3.63, 3.8) is 0 Å². The predicted molar refractivity (Wildman–Crippen MR) is 94.0 cm³/mol. The highest BCUT2D eigenvalue weighted by atomic mass is 19.1. The summed E-state index contributed by atoms with van der Waals surface area (Å²) in [7, 11) is 0. The summed E-state index contributed by atoms with van der Waals surface area (Å²) in [6.07, 6.45) is 0.536. The number of carbonyl (C=O) groups is 1. The summed E-state index contributed by atoms with van der Waals surface area (Å²) in [5.41, 5.74) is 2.86. The average Bonchev–Trinajstić information content (AvgIpc) is 2.92. The maximum atomic E-state index is 13.3. The van der Waals surface area contributed by atoms with E-state index in [1.165, 1.54) is 12.1 Å². The summed E-state index contributed by atoms with van der Waals surface area (Å²) in [4.78, 5) is 12.4. The number of halogens is 1. The first kappa shape index (κ1) is 17.0. The largest absolute Gasteiger partial charge is 0.464 e. The van der Waals surface area contributed by atoms with E-state index in [-0.39, 0.29) is 12.4 Å². The molecule has 0 fully saturated rings. The second kappa shape index (κ2) is 7.34. The maximum Gasteiger partial charge on any atom is 0.342 e. The molecule has 1 heterocycles. The van der Waals surface area contributed by atoms with Crippen molar-refractivity contribution < 1.29 is 18.3 Å². The Hall–Kier alpha value is -2.88. The average molecular weight is 338 g/mol. The normalized spacial score (nSPS) is 10.7. The first-order chi connectivity index (χ1) is 12.1. The van der Waals surface area contributed by atoms with Gasteiger partial charge in [0.2, 0.25) is 0 Å². The molecule has 128 valence electrons. The highest BCUT2D eigenvalue weighted by Gasteiger charge is 2.25. The van der Waals surface area contributed by atoms with Gasteiger partial charge in [0.05, 0.1) is 6.61 Å². The topological polar surface area (TPSA) is 39.4 Å². The van der Waals surface area contributed by atoms with Gasteiger partial charge < -0.3 is 9.15 Å². The standard InChI is InChI=1S/C21H19FO3/c1-3-24-21(23)19-14(2)25-18(13-15-7-5-4-6-8-15)20(19)16-9-11-17(22)12-10-16/h4-12H,3,13H2,1-2H3. The number of ether oxygens (including phenoxy) is 1. The summed E-state index contributed by atoms with van der Waals surface area (Å²) in [5.74, 6) is 0.413. The van der Waals surface area contributed by atoms with Crippen LogP contribution in [0, 0.1) is 12.7 Å². The van der Waals surface area contributed by atoms with Gasteiger partial charge in [0.15, 0.2) is 0 Å². The van der Waals surface area contributed by atoms with Crippen LogP contribution in [0.25, 0.3) is 11.1 Å². The fourth-order valence-corrected chi connectivity index (χ4v) is 2.88. The van der Waals surface area contributed by atoms with Crippen LogP contribution in [0.1, 0.15) is 34.4 Å². The molecule has 0 aliphatic heterocycles. The smallest absolute Gasteiger partial charge is 0.342 e. The molecule has 0 aliphatic rings. The summed E-state index contributed by atoms with van der Waals surface area (Å²) < 4.78 is 24.4. The number of aryl methyl sites for hydroxylation is 1. The van der Waals surface area contributed by atoms with E-state index in [4.69, 9.17) is 9.15 Å². The maximum absolute atomic E-state index is 13.3. The minimum atomic E-state index is -0.428. The number of hydrogen-bond donors (Lipinski definition) is 0. The van der Waals surface area contributed by atoms with Gasteiger partial charge in [-0.25, -0.2) is 9.18 Å². The molecule has 0 N–H and O–H groups in total. The van der Waals surface area contributed by atoms with Crippen molar-refractivity contribution in [1.82, 2.24) is 0 Å². The molecule has 1 aromatic heterocycles. The second-order valence-electron chi connectivity index (χ2n) is 5.72. The number of esters is 1. The molecule has 0 saturated carbocycles. The fraction of sp³-hybridized carbons (Fsp3) is 0.190. The molecule has 0 bridgehead atoms. The van der Waals surface area contributed by atoms with Crippen molar-refractivity contribution in [2.45, 2.75) is 20.3 Å². The van der Waals surface area contributed by atoms with Crippen molar-refractivity contribution in [3.8, 4) is 11.1 Å². The van der Waals surface area contributed by atoms with Crippen molar-refractivity contribution in [2.24, 2.45) is 0 Å². The van der Waals surface area contributed by atoms with E-state index in [0.717, 1.165) is 11.1 Å². The van der Waals surface area contributed by atoms with Gasteiger partial charge in [0.1, 0.15) is 22.9 Å². The van der Waals surface area contributed by atoms with E-state index in [2.05, 4.69) is 0 Å². The molecule has 3 aromatic rings. The van der Waals surface area contributed by atoms with E-state index >= 15 is 0 Å². The van der Waals surface area contributed by atoms with E-state index in [9.17, 15) is 9.18 Å². The third kappa shape index (κ3) is 3.63. The van der Waals surface area contributed by atoms with Crippen LogP contribution in [0.15, 0.2) is 59.0 Å². The van der Waals surface area contributed by atoms with E-state index in [0.29, 0.717) is 29.1 Å². The van der Waals surface area contributed by atoms with Crippen LogP contribution in [0.4, 0.5) is 4.39 Å². The lowest BCUT2D eigenvalue weighted by molar-refractivity contribution is 0.0525. The first-order valence-electron chi connectivity index (χ1n) is 8.19. The minimum Gasteiger partial charge on any atom is -0.464 e. The van der Waals surface area contributed by atoms with Gasteiger partial charge in [0.25, 0.3) is 0 Å². The number of hydrogen-bond acceptors (Lipinski definition) is 3. The van der Waals surface area contributed by atoms with E-state index < -0.39 is 5.97 Å². The molecular formula is C21H19FO3. The molecule has 0 saturated heterocycles. The van der Waals surface area contributed by atoms with Crippen LogP contribution in [0.5, 0.6) is 0 Å². The van der Waals surface area contributed by atoms with Gasteiger partial charge in [-0.3, -0.25) is 0 Å². The Morgan fingerprint density at radius 3 is 2.40 bits per heavy atom. The van der Waals surface area contributed by atoms with Gasteiger partial charge in [-0.05, 0) is 37.1 Å². The lowest BCUT2D eigenvalue weighted by atomic mass is 9.97. The zero-order valence-electron chi connectivity index (χ0n) is 14.2. The number of rotatable bonds is 5. The Bertz CT molecular complexity index is 864. The Labute approximate surface area is 146 Å². The SMILES string of the molecule is CCOC(=O)c1c(C)oc(Cc2ccccc2)c1-c1ccc(F)cc1. The lowest BCUT2D eigenvalue weighted by Gasteiger charge is -2.07. The molecule has 0 aliphatic carbocycles. The lowest BCUT2D eigenvalue weighted by Crippen LogP contribution is -2.07. The molecule has 0 atom stereocenters. The highest BCUT2D eigenvalue weighted by Crippen LogP contribution is 2.34. The Balaban J connectivity index is 2.12. The number of carbonyl (C=O) groups excluding carboxylic acids is 1. The molecule has 3 rings (SSSR count). The molecule has 0 radical (unpaired) electrons. The van der Waals surface area contributed by atoms with E-state index in [1.54, 1.807) is 26.0 Å². The molecule has 2 aromatic carbocycles. The highest BCUT2D eigenvalue weighted by molar-refractivity contribution is 5.99. The van der Waals surface area contributed by atoms with Crippen LogP contribution < -0.4 is 0 Å². The molecule has 0 amide bonds. The summed E-state index contributed by atoms with van der Waals surface area (Å²) in [6.45, 7) is 3.78. The quantitative estimate of drug-likeness (QED) is 0.603. The summed E-state index contributed by atoms with van der Waals surface area (Å²) in [5, 5.41) is 0. The Morgan fingerprint density at radius 1 is 1.08 bits per heavy atom. The van der Waals surface area contributed by atoms with Gasteiger partial charge in [-0.1, -0.05) is 42.5 Å². The molecule has 0 unspecified atom stereocenters. The minimum absolute atomic E-state index is 0.278. The predicted octanol–water partition coefficient (Wildman–Crippen LogP) is 5.16. The molecule has 4 heteroatoms. The first-order valence-corrected chi connectivity index (χ1v) is 8.19. The number of furan rings is 1. The van der Waals surface area contributed by atoms with Gasteiger partial charge in [-0.15, -0.1) is 0 Å². The van der Waals surface area contributed by atoms with Crippen molar-refractivity contribution in [3.05, 3.63) is 83.1 Å². The fourth-order valence-electron chi connectivity index (χ4n) is 2.88. The molecule has 0 spiro atoms. The van der Waals surface area contributed by atoms with Crippen molar-refractivity contribution in [1.29, 1.82) is 0 Å². The molecule has 25 heavy (non-hydrogen) atoms. The van der Waals surface area contributed by atoms with E-state index in [1.807, 2.05) is 30.3 Å². The Morgan fingerprint density at radius 2 is 1.76 bits per heavy atom. The van der Waals surface area contributed by atoms with Crippen LogP contribution in [-0.2, 0) is 11.2 Å². The Kier molecular flexibility index (Phi) is 4.98. The van der Waals surface area contributed by atoms with Gasteiger partial charge in [0, 0.05) is 12.0 Å². The third-order valence-electron chi connectivity index (χ3n) is 3.98. The van der Waals surface area contributed by atoms with Crippen molar-refractivity contribution >= 4 is 5.97 Å². The van der Waals surface area contributed by atoms with Crippen LogP contribution in [-0.4, -0.2) is 12.6 Å². The second-order valence-corrected chi connectivity index (χ2v) is 5.72. The van der Waals surface area contributed by atoms with Gasteiger partial charge in [-0.2, -0.15) is 0 Å². The molecular weight excluding hydrogens is 319 g/mol. The zero-order chi connectivity index (χ0) is 17.8. The molecule has 3 nitrogen and oxygen atoms in total. The zero-order valence-corrected chi connectivity index (χ0v) is 14.2. The summed E-state index contributed by atoms with van der Waals surface area (Å²) >= 11 is 0. The van der Waals surface area contributed by atoms with Crippen molar-refractivity contribution in [2.75, 3.05) is 6.61 Å². The summed E-state index contributed by atoms with van der Waals surface area (Å²) in [6, 6.07) is 15.9.